The molecule has 0 aromatic carbocycles. The van der Waals surface area contributed by atoms with Crippen LogP contribution in [0, 0.1) is 5.41 Å². The van der Waals surface area contributed by atoms with E-state index in [1.54, 1.807) is 64.3 Å². The number of aliphatic hydroxyl groups excluding tert-OH is 1. The summed E-state index contributed by atoms with van der Waals surface area (Å²) in [7, 11) is 17.5. The molecule has 0 saturated heterocycles. The summed E-state index contributed by atoms with van der Waals surface area (Å²) >= 11 is 0. The van der Waals surface area contributed by atoms with Crippen molar-refractivity contribution in [1.29, 1.82) is 5.41 Å². The molecule has 0 rings (SSSR count). The molecule has 0 aromatic heterocycles. The minimum atomic E-state index is -1.82. The Balaban J connectivity index is -0.0000000375. The fourth-order valence-electron chi connectivity index (χ4n) is 3.23. The van der Waals surface area contributed by atoms with Gasteiger partial charge >= 0.3 is 106 Å². The third kappa shape index (κ3) is 118. The van der Waals surface area contributed by atoms with E-state index in [9.17, 15) is 87.2 Å². The minimum absolute atomic E-state index is 0. The summed E-state index contributed by atoms with van der Waals surface area (Å²) in [5, 5.41) is 67.1. The maximum Gasteiger partial charge on any atom is 1.00 e. The molecule has 0 radical (unpaired) electrons. The van der Waals surface area contributed by atoms with Crippen molar-refractivity contribution in [3.63, 3.8) is 0 Å². The molecule has 12 amide bonds. The van der Waals surface area contributed by atoms with Crippen molar-refractivity contribution in [3.05, 3.63) is 12.3 Å². The summed E-state index contributed by atoms with van der Waals surface area (Å²) in [6, 6.07) is -0.833. The first kappa shape index (κ1) is 160. The van der Waals surface area contributed by atoms with Gasteiger partial charge in [-0.25, -0.2) is 9.59 Å². The number of rotatable bonds is 27. The van der Waals surface area contributed by atoms with Crippen molar-refractivity contribution >= 4 is 221 Å². The van der Waals surface area contributed by atoms with Gasteiger partial charge in [-0.2, -0.15) is 4.99 Å². The number of carbonyl (C=O) groups excluding carboxylic acids is 15. The van der Waals surface area contributed by atoms with Gasteiger partial charge in [-0.1, -0.05) is 108 Å². The predicted octanol–water partition coefficient (Wildman–Crippen LogP) is -31.8. The number of carbonyl (C=O) groups is 15. The maximum absolute atomic E-state index is 11.1. The molecule has 0 aliphatic carbocycles. The van der Waals surface area contributed by atoms with Crippen LogP contribution >= 0.6 is 121 Å². The zero-order chi connectivity index (χ0) is 72.1. The van der Waals surface area contributed by atoms with E-state index in [-0.39, 0.29) is 299 Å². The minimum Gasteiger partial charge on any atom is -1.00 e. The Bertz CT molecular complexity index is 2240. The van der Waals surface area contributed by atoms with Gasteiger partial charge in [-0.05, 0) is 68.3 Å². The topological polar surface area (TPSA) is 620 Å². The van der Waals surface area contributed by atoms with Gasteiger partial charge in [0.05, 0.1) is 25.1 Å². The van der Waals surface area contributed by atoms with E-state index in [2.05, 4.69) is 123 Å². The molecule has 24 N–H and O–H groups in total. The number of amides is 12. The molecule has 0 aliphatic rings. The van der Waals surface area contributed by atoms with Crippen LogP contribution in [0.5, 0.6) is 0 Å². The Labute approximate surface area is 723 Å². The second-order valence-electron chi connectivity index (χ2n) is 15.8. The zero-order valence-electron chi connectivity index (χ0n) is 59.9. The molecule has 101 heavy (non-hydrogen) atoms. The number of halogens is 4. The van der Waals surface area contributed by atoms with E-state index in [0.29, 0.717) is 60.7 Å². The monoisotopic (exact) mass is 1940 g/mol. The molecule has 0 saturated carbocycles. The van der Waals surface area contributed by atoms with E-state index >= 15 is 0 Å². The van der Waals surface area contributed by atoms with Crippen molar-refractivity contribution in [3.8, 4) is 0 Å². The van der Waals surface area contributed by atoms with Crippen LogP contribution in [0.1, 0.15) is 128 Å². The number of hydrogen-bond donors (Lipinski definition) is 16. The number of hydrogen-bond acceptors (Lipinski definition) is 20. The quantitative estimate of drug-likeness (QED) is 0.00691. The molecule has 0 fully saturated rings. The van der Waals surface area contributed by atoms with E-state index in [4.69, 9.17) is 10.5 Å². The summed E-state index contributed by atoms with van der Waals surface area (Å²) < 4.78 is 0. The van der Waals surface area contributed by atoms with Gasteiger partial charge in [-0.3, -0.25) is 73.1 Å². The van der Waals surface area contributed by atoms with Crippen LogP contribution in [0.2, 0.25) is 0 Å². The van der Waals surface area contributed by atoms with Crippen LogP contribution in [0.3, 0.4) is 0 Å². The molecule has 58 heteroatoms. The van der Waals surface area contributed by atoms with E-state index < -0.39 is 58.6 Å². The Morgan fingerprint density at radius 1 is 0.545 bits per heavy atom. The van der Waals surface area contributed by atoms with Gasteiger partial charge in [0.2, 0.25) is 64.0 Å². The van der Waals surface area contributed by atoms with Crippen LogP contribution in [0.25, 0.3) is 0 Å². The number of aliphatic hydroxyl groups is 3. The molecule has 35 nitrogen and oxygen atoms in total. The molecule has 0 heterocycles. The predicted molar refractivity (Wildman–Crippen MR) is 397 cm³/mol. The van der Waals surface area contributed by atoms with Gasteiger partial charge in [0.15, 0.2) is 0 Å². The third-order valence-electron chi connectivity index (χ3n) is 8.16. The Kier molecular flexibility index (Phi) is 172. The molecular weight excluding hydrogens is 1840 g/mol. The average Bonchev–Trinajstić information content (AvgIpc) is 1.02. The van der Waals surface area contributed by atoms with E-state index in [1.807, 2.05) is 0 Å². The Morgan fingerprint density at radius 3 is 1.07 bits per heavy atom. The van der Waals surface area contributed by atoms with Crippen LogP contribution in [-0.4, -0.2) is 162 Å². The van der Waals surface area contributed by atoms with E-state index in [1.165, 1.54) is 27.7 Å². The molecule has 572 valence electrons. The molecule has 0 aromatic rings. The molecule has 0 aliphatic heterocycles. The molecular formula is C43H103Br4Li5N13O22P14+3. The molecule has 0 bridgehead atoms. The number of Topliss-reactive ketones (excluding diaryl/α,β-unsaturated/α-hetero) is 3. The fourth-order valence-corrected chi connectivity index (χ4v) is 8.70. The summed E-state index contributed by atoms with van der Waals surface area (Å²) in [5.41, 5.74) is 0.0222. The van der Waals surface area contributed by atoms with Crippen LogP contribution in [0.4, 0.5) is 0 Å². The SMILES string of the molecule is C=C(NC(=O)CC)C(=O)NPP.CC(=O)C(=O)NPP.CC(=O)C(=O)NP[PH3+].CCC(=N)[O-].CCC(=O)NC(C)(O)C(=O)NPP.CCC(=O)NC(C)(O)C(=O)NPP.CCC(=O)NC(CO)C(=O)NPP.CCC(=O)[NH+]=C(C)C(=O)CPP.CCC([NH3+])=O.O.O.O.[Br-].[Br-].[Br-].[Br-].[Li+].[Li+].[Li+].[Li+].[Li+]. The summed E-state index contributed by atoms with van der Waals surface area (Å²) in [5.74, 6) is -5.56. The van der Waals surface area contributed by atoms with Crippen LogP contribution in [0.15, 0.2) is 12.3 Å². The maximum atomic E-state index is 11.1. The van der Waals surface area contributed by atoms with E-state index in [0.717, 1.165) is 0 Å². The fraction of sp³-hybridized carbons (Fsp3) is 0.558. The van der Waals surface area contributed by atoms with Crippen LogP contribution < -0.4 is 230 Å². The standard InChI is InChI=1S/C7H13NO2P2.3C6H14N2O3P2.C6H12N2O2P2.2C3H7NO2P2.2C3H7NO.4BrH.5Li.3H2O/c1-3-7(10)8-5(2)6(9)4-12-11;2*1-3-4(9)7-6(2,11)5(10)8-13-12;1-2-5(10)7-4(3-9)6(11)8-13-12;1-3-5(9)7-4(2)6(10)8-12-11;2*1-2(5)3(6)4-8-7;2*1-2-3(4)5;;;;;;;;;;;;/h12H,3-4,11H2,1-2H3;2*11,13H,3,12H2,1-2H3,(H,7,9)(H,8,10);4,9,13H,2-3,12H2,1H3,(H,7,10)(H,8,11);12H,2-3,11H2,1H3,(H,7,9)(H,8,10);2*8H,7H2,1H3,(H,4,6);2*2H2,1H3,(H2,4,5);4*1H;;;;;;3*1H2/q;;;;;;;;;;;;;5*+1;;;/p-2. The van der Waals surface area contributed by atoms with Gasteiger partial charge in [0.25, 0.3) is 29.5 Å². The number of nitrogens with one attached hydrogen (secondary N) is 12. The number of quaternary nitrogens is 1. The summed E-state index contributed by atoms with van der Waals surface area (Å²) in [4.78, 5) is 163. The van der Waals surface area contributed by atoms with Gasteiger partial charge in [-0.15, -0.1) is 8.93 Å². The van der Waals surface area contributed by atoms with Crippen molar-refractivity contribution in [1.82, 2.24) is 51.8 Å². The molecule has 17 unspecified atom stereocenters. The smallest absolute Gasteiger partial charge is 1.00 e. The normalized spacial score (nSPS) is 10.6. The van der Waals surface area contributed by atoms with Crippen LogP contribution in [-0.2, 0) is 71.9 Å². The largest absolute Gasteiger partial charge is 1.00 e. The zero-order valence-corrected chi connectivity index (χ0v) is 81.6. The Hall–Kier alpha value is 2.58. The van der Waals surface area contributed by atoms with Crippen molar-refractivity contribution in [2.45, 2.75) is 146 Å². The first-order chi connectivity index (χ1) is 41.1. The average molecular weight is 1940 g/mol. The third-order valence-corrected chi connectivity index (χ3v) is 14.3. The molecule has 17 atom stereocenters. The van der Waals surface area contributed by atoms with Crippen molar-refractivity contribution < 1.29 is 282 Å². The Morgan fingerprint density at radius 2 is 0.851 bits per heavy atom. The molecule has 0 spiro atoms. The first-order valence-electron chi connectivity index (χ1n) is 25.4. The second kappa shape index (κ2) is 109. The van der Waals surface area contributed by atoms with Crippen molar-refractivity contribution in [2.24, 2.45) is 0 Å². The summed E-state index contributed by atoms with van der Waals surface area (Å²) in [6.07, 6.45) is 2.90. The van der Waals surface area contributed by atoms with Gasteiger partial charge < -0.3 is 157 Å². The van der Waals surface area contributed by atoms with Gasteiger partial charge in [0, 0.05) is 61.5 Å². The first-order valence-corrected chi connectivity index (χ1v) is 45.8. The second-order valence-corrected chi connectivity index (χ2v) is 26.4. The van der Waals surface area contributed by atoms with Crippen molar-refractivity contribution in [2.75, 3.05) is 12.8 Å². The van der Waals surface area contributed by atoms with Gasteiger partial charge in [0.1, 0.15) is 14.5 Å². The number of ketones is 3. The summed E-state index contributed by atoms with van der Waals surface area (Å²) in [6.45, 7) is 21.5.